The smallest absolute Gasteiger partial charge is 0.186 e. The Morgan fingerprint density at radius 3 is 1.80 bits per heavy atom. The van der Waals surface area contributed by atoms with E-state index in [1.807, 2.05) is 18.2 Å². The largest absolute Gasteiger partial charge is 1.00 e. The summed E-state index contributed by atoms with van der Waals surface area (Å²) < 4.78 is 0. The molecule has 1 aromatic heterocycles. The van der Waals surface area contributed by atoms with E-state index >= 15 is 0 Å². The van der Waals surface area contributed by atoms with Crippen LogP contribution >= 0.6 is 24.4 Å². The number of nitrogens with two attached hydrogens (primary N) is 2. The molecule has 0 aliphatic carbocycles. The SMILES string of the molecule is NC(=S)Cc1cccc(CC(N)=S)[nH+]1.[Cl-]. The third-order valence-electron chi connectivity index (χ3n) is 1.65. The van der Waals surface area contributed by atoms with Gasteiger partial charge in [0.1, 0.15) is 0 Å². The minimum Gasteiger partial charge on any atom is -1.00 e. The molecule has 5 N–H and O–H groups in total. The van der Waals surface area contributed by atoms with E-state index in [1.165, 1.54) is 0 Å². The van der Waals surface area contributed by atoms with Crippen molar-refractivity contribution in [2.75, 3.05) is 0 Å². The summed E-state index contributed by atoms with van der Waals surface area (Å²) in [5, 5.41) is 0. The van der Waals surface area contributed by atoms with Crippen LogP contribution in [0.3, 0.4) is 0 Å². The summed E-state index contributed by atoms with van der Waals surface area (Å²) in [6.07, 6.45) is 1.14. The van der Waals surface area contributed by atoms with E-state index in [9.17, 15) is 0 Å². The first kappa shape index (κ1) is 14.2. The molecule has 0 aliphatic rings. The normalized spacial score (nSPS) is 9.07. The first-order chi connectivity index (χ1) is 6.58. The van der Waals surface area contributed by atoms with Gasteiger partial charge < -0.3 is 23.9 Å². The molecule has 0 atom stereocenters. The van der Waals surface area contributed by atoms with Crippen molar-refractivity contribution >= 4 is 34.4 Å². The zero-order valence-electron chi connectivity index (χ0n) is 8.00. The second-order valence-electron chi connectivity index (χ2n) is 2.99. The lowest BCUT2D eigenvalue weighted by Gasteiger charge is -1.96. The van der Waals surface area contributed by atoms with Crippen molar-refractivity contribution in [2.45, 2.75) is 12.8 Å². The highest BCUT2D eigenvalue weighted by Crippen LogP contribution is 1.96. The number of H-pyrrole nitrogens is 1. The van der Waals surface area contributed by atoms with E-state index in [2.05, 4.69) is 4.98 Å². The zero-order valence-corrected chi connectivity index (χ0v) is 10.4. The Bertz CT molecular complexity index is 337. The minimum absolute atomic E-state index is 0. The molecule has 0 aliphatic heterocycles. The molecule has 0 bridgehead atoms. The van der Waals surface area contributed by atoms with Crippen molar-refractivity contribution in [1.29, 1.82) is 0 Å². The van der Waals surface area contributed by atoms with Crippen LogP contribution in [0.2, 0.25) is 0 Å². The summed E-state index contributed by atoms with van der Waals surface area (Å²) in [5.41, 5.74) is 12.8. The number of halogens is 1. The van der Waals surface area contributed by atoms with Gasteiger partial charge in [0.25, 0.3) is 0 Å². The Kier molecular flexibility index (Phi) is 6.31. The van der Waals surface area contributed by atoms with E-state index in [0.717, 1.165) is 11.4 Å². The molecule has 0 unspecified atom stereocenters. The van der Waals surface area contributed by atoms with E-state index < -0.39 is 0 Å². The van der Waals surface area contributed by atoms with E-state index in [1.54, 1.807) is 0 Å². The molecule has 1 heterocycles. The second-order valence-corrected chi connectivity index (χ2v) is 4.04. The van der Waals surface area contributed by atoms with Crippen LogP contribution in [-0.4, -0.2) is 9.98 Å². The predicted molar refractivity (Wildman–Crippen MR) is 64.0 cm³/mol. The molecule has 3 nitrogen and oxygen atoms in total. The lowest BCUT2D eigenvalue weighted by molar-refractivity contribution is -0.399. The number of pyridine rings is 1. The van der Waals surface area contributed by atoms with Gasteiger partial charge in [0.2, 0.25) is 0 Å². The number of thiocarbonyl (C=S) groups is 2. The van der Waals surface area contributed by atoms with Gasteiger partial charge in [0, 0.05) is 12.1 Å². The third kappa shape index (κ3) is 5.61. The van der Waals surface area contributed by atoms with Gasteiger partial charge in [-0.1, -0.05) is 24.4 Å². The fourth-order valence-electron chi connectivity index (χ4n) is 1.15. The molecule has 6 heteroatoms. The van der Waals surface area contributed by atoms with Gasteiger partial charge in [-0.3, -0.25) is 0 Å². The average Bonchev–Trinajstić information content (AvgIpc) is 2.01. The summed E-state index contributed by atoms with van der Waals surface area (Å²) in [6, 6.07) is 5.79. The maximum Gasteiger partial charge on any atom is 0.186 e. The number of aromatic nitrogens is 1. The lowest BCUT2D eigenvalue weighted by atomic mass is 10.2. The molecule has 1 aromatic rings. The van der Waals surface area contributed by atoms with Crippen molar-refractivity contribution in [3.8, 4) is 0 Å². The van der Waals surface area contributed by atoms with Gasteiger partial charge in [-0.25, -0.2) is 4.98 Å². The van der Waals surface area contributed by atoms with E-state index in [4.69, 9.17) is 35.9 Å². The summed E-state index contributed by atoms with van der Waals surface area (Å²) in [4.78, 5) is 4.10. The zero-order chi connectivity index (χ0) is 10.6. The van der Waals surface area contributed by atoms with Gasteiger partial charge in [-0.15, -0.1) is 0 Å². The quantitative estimate of drug-likeness (QED) is 0.574. The number of hydrogen-bond acceptors (Lipinski definition) is 2. The molecule has 0 saturated carbocycles. The standard InChI is InChI=1S/C9H11N3S2.ClH/c10-8(13)4-6-2-1-3-7(12-6)5-9(11)14;/h1-3H,4-5H2,(H2,10,13)(H2,11,14);1H. The highest BCUT2D eigenvalue weighted by Gasteiger charge is 2.07. The van der Waals surface area contributed by atoms with Crippen LogP contribution < -0.4 is 28.9 Å². The minimum atomic E-state index is 0. The Morgan fingerprint density at radius 2 is 1.47 bits per heavy atom. The summed E-state index contributed by atoms with van der Waals surface area (Å²) in [5.74, 6) is 0. The summed E-state index contributed by atoms with van der Waals surface area (Å²) >= 11 is 9.63. The summed E-state index contributed by atoms with van der Waals surface area (Å²) in [7, 11) is 0. The Morgan fingerprint density at radius 1 is 1.07 bits per heavy atom. The molecule has 0 fully saturated rings. The molecule has 0 saturated heterocycles. The van der Waals surface area contributed by atoms with Crippen molar-refractivity contribution in [3.05, 3.63) is 29.6 Å². The molecular formula is C9H12ClN3S2. The van der Waals surface area contributed by atoms with Crippen molar-refractivity contribution in [2.24, 2.45) is 11.5 Å². The van der Waals surface area contributed by atoms with Gasteiger partial charge >= 0.3 is 0 Å². The number of hydrogen-bond donors (Lipinski definition) is 2. The Balaban J connectivity index is 0.00000196. The topological polar surface area (TPSA) is 66.2 Å². The highest BCUT2D eigenvalue weighted by molar-refractivity contribution is 7.80. The predicted octanol–water partition coefficient (Wildman–Crippen LogP) is -2.84. The van der Waals surface area contributed by atoms with Crippen molar-refractivity contribution in [1.82, 2.24) is 0 Å². The molecule has 15 heavy (non-hydrogen) atoms. The van der Waals surface area contributed by atoms with Crippen LogP contribution in [0.25, 0.3) is 0 Å². The van der Waals surface area contributed by atoms with Crippen LogP contribution in [0, 0.1) is 0 Å². The van der Waals surface area contributed by atoms with Crippen molar-refractivity contribution in [3.63, 3.8) is 0 Å². The van der Waals surface area contributed by atoms with Gasteiger partial charge in [-0.2, -0.15) is 0 Å². The number of aromatic amines is 1. The number of rotatable bonds is 4. The maximum absolute atomic E-state index is 5.44. The van der Waals surface area contributed by atoms with Crippen molar-refractivity contribution < 1.29 is 17.4 Å². The Hall–Kier alpha value is -0.780. The second kappa shape index (κ2) is 6.66. The van der Waals surface area contributed by atoms with E-state index in [0.29, 0.717) is 22.8 Å². The molecule has 0 aromatic carbocycles. The molecular weight excluding hydrogens is 250 g/mol. The van der Waals surface area contributed by atoms with Gasteiger partial charge in [0.15, 0.2) is 11.4 Å². The highest BCUT2D eigenvalue weighted by atomic mass is 35.5. The fourth-order valence-corrected chi connectivity index (χ4v) is 1.46. The van der Waals surface area contributed by atoms with Crippen LogP contribution in [-0.2, 0) is 12.8 Å². The number of nitrogens with one attached hydrogen (secondary N) is 1. The fraction of sp³-hybridized carbons (Fsp3) is 0.222. The molecule has 0 spiro atoms. The van der Waals surface area contributed by atoms with E-state index in [-0.39, 0.29) is 12.4 Å². The molecule has 0 amide bonds. The average molecular weight is 262 g/mol. The molecule has 1 rings (SSSR count). The van der Waals surface area contributed by atoms with Crippen LogP contribution in [0.4, 0.5) is 0 Å². The lowest BCUT2D eigenvalue weighted by Crippen LogP contribution is -3.00. The maximum atomic E-state index is 5.44. The first-order valence-corrected chi connectivity index (χ1v) is 4.96. The van der Waals surface area contributed by atoms with Crippen LogP contribution in [0.1, 0.15) is 11.4 Å². The first-order valence-electron chi connectivity index (χ1n) is 4.14. The van der Waals surface area contributed by atoms with Gasteiger partial charge in [0.05, 0.1) is 22.8 Å². The Labute approximate surface area is 106 Å². The molecule has 0 radical (unpaired) electrons. The van der Waals surface area contributed by atoms with Gasteiger partial charge in [-0.05, 0) is 6.07 Å². The van der Waals surface area contributed by atoms with Crippen LogP contribution in [0.15, 0.2) is 18.2 Å². The summed E-state index contributed by atoms with van der Waals surface area (Å²) in [6.45, 7) is 0. The molecule has 82 valence electrons. The van der Waals surface area contributed by atoms with Crippen LogP contribution in [0.5, 0.6) is 0 Å². The third-order valence-corrected chi connectivity index (χ3v) is 1.93. The monoisotopic (exact) mass is 261 g/mol.